The molecule has 0 aliphatic carbocycles. The molecular formula is C22H33N5O3. The van der Waals surface area contributed by atoms with E-state index in [1.54, 1.807) is 6.07 Å². The van der Waals surface area contributed by atoms with E-state index in [1.165, 1.54) is 0 Å². The number of ether oxygens (including phenoxy) is 2. The Morgan fingerprint density at radius 3 is 2.23 bits per heavy atom. The first-order valence-electron chi connectivity index (χ1n) is 10.8. The van der Waals surface area contributed by atoms with Crippen LogP contribution in [0, 0.1) is 0 Å². The number of hydrogen-bond donors (Lipinski definition) is 2. The number of nitrogens with zero attached hydrogens (tertiary/aromatic N) is 4. The van der Waals surface area contributed by atoms with Crippen molar-refractivity contribution in [3.8, 4) is 5.75 Å². The maximum Gasteiger partial charge on any atom is 0.229 e. The van der Waals surface area contributed by atoms with Crippen LogP contribution in [0.2, 0.25) is 0 Å². The number of morpholine rings is 2. The second-order valence-electron chi connectivity index (χ2n) is 6.92. The van der Waals surface area contributed by atoms with Crippen molar-refractivity contribution >= 4 is 17.6 Å². The first kappa shape index (κ1) is 22.1. The van der Waals surface area contributed by atoms with E-state index in [0.29, 0.717) is 38.7 Å². The lowest BCUT2D eigenvalue weighted by atomic mass is 10.1. The maximum atomic E-state index is 9.95. The molecule has 0 spiro atoms. The third kappa shape index (κ3) is 5.96. The molecule has 2 aliphatic rings. The second kappa shape index (κ2) is 11.6. The average Bonchev–Trinajstić information content (AvgIpc) is 2.83. The summed E-state index contributed by atoms with van der Waals surface area (Å²) in [6, 6.07) is 9.43. The number of para-hydroxylation sites is 1. The van der Waals surface area contributed by atoms with E-state index in [1.807, 2.05) is 38.1 Å². The Balaban J connectivity index is 0.00000124. The number of phenolic OH excluding ortho intramolecular Hbond substituents is 1. The highest BCUT2D eigenvalue weighted by Gasteiger charge is 2.19. The predicted molar refractivity (Wildman–Crippen MR) is 120 cm³/mol. The van der Waals surface area contributed by atoms with Crippen LogP contribution in [0.1, 0.15) is 19.4 Å². The first-order chi connectivity index (χ1) is 14.8. The Kier molecular flexibility index (Phi) is 8.53. The Morgan fingerprint density at radius 1 is 0.933 bits per heavy atom. The van der Waals surface area contributed by atoms with Gasteiger partial charge in [0, 0.05) is 38.8 Å². The van der Waals surface area contributed by atoms with Crippen molar-refractivity contribution in [1.82, 2.24) is 9.97 Å². The molecule has 1 aromatic carbocycles. The molecule has 2 aromatic rings. The highest BCUT2D eigenvalue weighted by Crippen LogP contribution is 2.23. The molecule has 164 valence electrons. The average molecular weight is 416 g/mol. The molecule has 2 aliphatic heterocycles. The van der Waals surface area contributed by atoms with E-state index in [2.05, 4.69) is 15.1 Å². The number of aromatic hydroxyl groups is 1. The largest absolute Gasteiger partial charge is 0.508 e. The van der Waals surface area contributed by atoms with Gasteiger partial charge >= 0.3 is 0 Å². The molecule has 2 saturated heterocycles. The molecule has 30 heavy (non-hydrogen) atoms. The molecule has 4 rings (SSSR count). The van der Waals surface area contributed by atoms with Gasteiger partial charge in [0.25, 0.3) is 0 Å². The Bertz CT molecular complexity index is 741. The van der Waals surface area contributed by atoms with Crippen molar-refractivity contribution < 1.29 is 14.6 Å². The van der Waals surface area contributed by atoms with Gasteiger partial charge in [-0.3, -0.25) is 0 Å². The lowest BCUT2D eigenvalue weighted by molar-refractivity contribution is 0.121. The second-order valence-corrected chi connectivity index (χ2v) is 6.92. The van der Waals surface area contributed by atoms with Crippen LogP contribution in [0.5, 0.6) is 5.75 Å². The molecule has 0 amide bonds. The Morgan fingerprint density at radius 2 is 1.57 bits per heavy atom. The van der Waals surface area contributed by atoms with Gasteiger partial charge in [-0.05, 0) is 18.1 Å². The van der Waals surface area contributed by atoms with Crippen LogP contribution in [-0.4, -0.2) is 74.2 Å². The number of hydrogen-bond acceptors (Lipinski definition) is 8. The number of aromatic nitrogens is 2. The summed E-state index contributed by atoms with van der Waals surface area (Å²) in [6.45, 7) is 10.8. The molecule has 8 heteroatoms. The van der Waals surface area contributed by atoms with Gasteiger partial charge in [-0.1, -0.05) is 32.0 Å². The fourth-order valence-corrected chi connectivity index (χ4v) is 3.42. The Hall–Kier alpha value is -2.58. The smallest absolute Gasteiger partial charge is 0.229 e. The van der Waals surface area contributed by atoms with Gasteiger partial charge in [0.05, 0.1) is 26.4 Å². The molecule has 8 nitrogen and oxygen atoms in total. The summed E-state index contributed by atoms with van der Waals surface area (Å²) < 4.78 is 10.9. The van der Waals surface area contributed by atoms with E-state index >= 15 is 0 Å². The van der Waals surface area contributed by atoms with Crippen molar-refractivity contribution in [2.45, 2.75) is 20.3 Å². The van der Waals surface area contributed by atoms with Gasteiger partial charge in [-0.25, -0.2) is 0 Å². The molecule has 3 heterocycles. The topological polar surface area (TPSA) is 83.0 Å². The van der Waals surface area contributed by atoms with Crippen molar-refractivity contribution in [3.05, 3.63) is 35.9 Å². The Labute approximate surface area is 178 Å². The molecule has 2 N–H and O–H groups in total. The molecular weight excluding hydrogens is 382 g/mol. The molecule has 0 saturated carbocycles. The van der Waals surface area contributed by atoms with Gasteiger partial charge in [-0.15, -0.1) is 0 Å². The summed E-state index contributed by atoms with van der Waals surface area (Å²) in [4.78, 5) is 14.0. The van der Waals surface area contributed by atoms with Crippen LogP contribution in [0.4, 0.5) is 17.6 Å². The monoisotopic (exact) mass is 415 g/mol. The summed E-state index contributed by atoms with van der Waals surface area (Å²) in [5.41, 5.74) is 0.922. The van der Waals surface area contributed by atoms with Crippen molar-refractivity contribution in [2.75, 3.05) is 74.3 Å². The van der Waals surface area contributed by atoms with Gasteiger partial charge in [0.2, 0.25) is 5.95 Å². The molecule has 0 atom stereocenters. The normalized spacial score (nSPS) is 16.6. The fourth-order valence-electron chi connectivity index (χ4n) is 3.42. The van der Waals surface area contributed by atoms with E-state index in [-0.39, 0.29) is 0 Å². The molecule has 2 fully saturated rings. The summed E-state index contributed by atoms with van der Waals surface area (Å²) in [5, 5.41) is 13.3. The zero-order valence-electron chi connectivity index (χ0n) is 18.0. The number of nitrogens with one attached hydrogen (secondary N) is 1. The summed E-state index contributed by atoms with van der Waals surface area (Å²) >= 11 is 0. The van der Waals surface area contributed by atoms with Crippen LogP contribution < -0.4 is 15.1 Å². The maximum absolute atomic E-state index is 9.95. The number of benzene rings is 1. The van der Waals surface area contributed by atoms with Crippen molar-refractivity contribution in [1.29, 1.82) is 0 Å². The van der Waals surface area contributed by atoms with E-state index in [9.17, 15) is 5.11 Å². The third-order valence-corrected chi connectivity index (χ3v) is 5.02. The zero-order valence-corrected chi connectivity index (χ0v) is 18.0. The fraction of sp³-hybridized carbons (Fsp3) is 0.545. The third-order valence-electron chi connectivity index (χ3n) is 5.02. The first-order valence-corrected chi connectivity index (χ1v) is 10.8. The molecule has 0 radical (unpaired) electrons. The van der Waals surface area contributed by atoms with Crippen LogP contribution in [0.25, 0.3) is 0 Å². The van der Waals surface area contributed by atoms with E-state index in [0.717, 1.165) is 55.7 Å². The lowest BCUT2D eigenvalue weighted by Crippen LogP contribution is -2.39. The molecule has 0 bridgehead atoms. The minimum atomic E-state index is 0.329. The summed E-state index contributed by atoms with van der Waals surface area (Å²) in [6.07, 6.45) is 0.719. The minimum Gasteiger partial charge on any atom is -0.508 e. The van der Waals surface area contributed by atoms with Crippen LogP contribution in [0.3, 0.4) is 0 Å². The number of phenols is 1. The van der Waals surface area contributed by atoms with Gasteiger partial charge in [-0.2, -0.15) is 9.97 Å². The van der Waals surface area contributed by atoms with Crippen LogP contribution >= 0.6 is 0 Å². The van der Waals surface area contributed by atoms with Crippen molar-refractivity contribution in [3.63, 3.8) is 0 Å². The van der Waals surface area contributed by atoms with Gasteiger partial charge in [0.1, 0.15) is 17.4 Å². The number of anilines is 3. The predicted octanol–water partition coefficient (Wildman–Crippen LogP) is 2.54. The number of rotatable bonds is 6. The van der Waals surface area contributed by atoms with Crippen LogP contribution in [-0.2, 0) is 15.9 Å². The summed E-state index contributed by atoms with van der Waals surface area (Å²) in [5.74, 6) is 2.78. The lowest BCUT2D eigenvalue weighted by Gasteiger charge is -2.31. The van der Waals surface area contributed by atoms with E-state index < -0.39 is 0 Å². The highest BCUT2D eigenvalue weighted by molar-refractivity contribution is 5.55. The molecule has 1 aromatic heterocycles. The van der Waals surface area contributed by atoms with Crippen LogP contribution in [0.15, 0.2) is 30.3 Å². The van der Waals surface area contributed by atoms with Crippen molar-refractivity contribution in [2.24, 2.45) is 0 Å². The standard InChI is InChI=1S/C20H27N5O3.C2H6/c26-17-4-2-1-3-16(17)5-6-21-18-15-19(24-7-11-27-12-8-24)23-20(22-18)25-9-13-28-14-10-25;1-2/h1-4,15,26H,5-14H2,(H,21,22,23);1-2H3. The molecule has 0 unspecified atom stereocenters. The quantitative estimate of drug-likeness (QED) is 0.745. The summed E-state index contributed by atoms with van der Waals surface area (Å²) in [7, 11) is 0. The SMILES string of the molecule is CC.Oc1ccccc1CCNc1cc(N2CCOCC2)nc(N2CCOCC2)n1. The van der Waals surface area contributed by atoms with E-state index in [4.69, 9.17) is 19.4 Å². The minimum absolute atomic E-state index is 0.329. The van der Waals surface area contributed by atoms with Gasteiger partial charge in [0.15, 0.2) is 0 Å². The zero-order chi connectivity index (χ0) is 21.2. The van der Waals surface area contributed by atoms with Gasteiger partial charge < -0.3 is 29.7 Å². The highest BCUT2D eigenvalue weighted by atomic mass is 16.5.